The number of ether oxygens (including phenoxy) is 1. The third kappa shape index (κ3) is 5.33. The van der Waals surface area contributed by atoms with Crippen LogP contribution in [0.25, 0.3) is 0 Å². The highest BCUT2D eigenvalue weighted by Crippen LogP contribution is 2.51. The lowest BCUT2D eigenvalue weighted by atomic mass is 9.83. The zero-order valence-electron chi connectivity index (χ0n) is 11.4. The van der Waals surface area contributed by atoms with E-state index in [4.69, 9.17) is 35.4 Å². The van der Waals surface area contributed by atoms with Crippen LogP contribution in [0.2, 0.25) is 5.82 Å². The number of hydrogen-bond donors (Lipinski definition) is 3. The van der Waals surface area contributed by atoms with E-state index in [0.717, 1.165) is 5.82 Å². The second-order valence-electron chi connectivity index (χ2n) is 4.73. The normalized spacial score (nSPS) is 34.5. The summed E-state index contributed by atoms with van der Waals surface area (Å²) in [5.74, 6) is 0.627. The van der Waals surface area contributed by atoms with Crippen LogP contribution in [0.4, 0.5) is 0 Å². The largest absolute Gasteiger partial charge is 0.379 e. The maximum Gasteiger partial charge on any atom is 0.348 e. The van der Waals surface area contributed by atoms with E-state index >= 15 is 0 Å². The first-order valence-electron chi connectivity index (χ1n) is 5.94. The summed E-state index contributed by atoms with van der Waals surface area (Å²) in [5.41, 5.74) is 0. The van der Waals surface area contributed by atoms with Gasteiger partial charge in [-0.2, -0.15) is 0 Å². The van der Waals surface area contributed by atoms with Crippen LogP contribution < -0.4 is 0 Å². The molecule has 7 nitrogen and oxygen atoms in total. The third-order valence-electron chi connectivity index (χ3n) is 3.24. The molecule has 0 amide bonds. The van der Waals surface area contributed by atoms with Crippen molar-refractivity contribution in [1.82, 2.24) is 0 Å². The summed E-state index contributed by atoms with van der Waals surface area (Å²) in [5, 5.41) is 0. The quantitative estimate of drug-likeness (QED) is 0.469. The summed E-state index contributed by atoms with van der Waals surface area (Å²) in [6.45, 7) is -3.38. The molecule has 0 bridgehead atoms. The average molecular weight is 344 g/mol. The summed E-state index contributed by atoms with van der Waals surface area (Å²) >= 11 is 4.82. The molecule has 1 fully saturated rings. The zero-order valence-corrected chi connectivity index (χ0v) is 14.1. The van der Waals surface area contributed by atoms with E-state index in [2.05, 4.69) is 0 Å². The van der Waals surface area contributed by atoms with E-state index in [1.807, 2.05) is 7.85 Å². The molecule has 0 aromatic carbocycles. The Hall–Kier alpha value is 0.445. The van der Waals surface area contributed by atoms with Gasteiger partial charge in [-0.25, -0.2) is 0 Å². The van der Waals surface area contributed by atoms with Gasteiger partial charge in [-0.1, -0.05) is 6.08 Å². The Balaban J connectivity index is 2.94. The van der Waals surface area contributed by atoms with Crippen molar-refractivity contribution < 1.29 is 33.0 Å². The molecular weight excluding hydrogens is 325 g/mol. The van der Waals surface area contributed by atoms with Gasteiger partial charge in [-0.3, -0.25) is 4.57 Å². The Morgan fingerprint density at radius 3 is 2.35 bits per heavy atom. The van der Waals surface area contributed by atoms with Crippen molar-refractivity contribution in [1.29, 1.82) is 0 Å². The van der Waals surface area contributed by atoms with Crippen LogP contribution in [0.15, 0.2) is 11.9 Å². The maximum atomic E-state index is 10.9. The SMILES string of the molecule is B[C@@H]1C[C@H](/C=C/P(=O)(O)O)[C@@H](OP(O)(=S)OC)[C@H]1OC. The third-order valence-corrected chi connectivity index (χ3v) is 5.47. The Bertz CT molecular complexity index is 454. The lowest BCUT2D eigenvalue weighted by Gasteiger charge is -2.27. The van der Waals surface area contributed by atoms with E-state index < -0.39 is 20.4 Å². The monoisotopic (exact) mass is 344 g/mol. The Morgan fingerprint density at radius 2 is 1.90 bits per heavy atom. The predicted molar refractivity (Wildman–Crippen MR) is 80.8 cm³/mol. The van der Waals surface area contributed by atoms with E-state index in [0.29, 0.717) is 6.42 Å². The molecule has 1 aliphatic carbocycles. The van der Waals surface area contributed by atoms with Crippen LogP contribution >= 0.6 is 14.3 Å². The minimum atomic E-state index is -4.24. The first-order chi connectivity index (χ1) is 9.09. The molecule has 0 aliphatic heterocycles. The molecule has 0 saturated heterocycles. The molecule has 1 saturated carbocycles. The molecule has 0 aromatic rings. The standard InChI is InChI=1S/C9H19BO7P2S/c1-15-9-7(10)5-6(3-4-18(11,12)13)8(9)17-19(14,20)16-2/h3-4,6-9H,5,10H2,1-2H3,(H,14,20)(H2,11,12,13)/b4-3+/t6-,7+,8+,9-,19?/m0/s1. The highest BCUT2D eigenvalue weighted by molar-refractivity contribution is 8.07. The molecule has 5 atom stereocenters. The summed E-state index contributed by atoms with van der Waals surface area (Å²) in [6, 6.07) is 0. The Morgan fingerprint density at radius 1 is 1.30 bits per heavy atom. The number of hydrogen-bond acceptors (Lipinski definition) is 5. The molecule has 0 aromatic heterocycles. The summed E-state index contributed by atoms with van der Waals surface area (Å²) < 4.78 is 26.4. The second-order valence-corrected chi connectivity index (χ2v) is 9.10. The fourth-order valence-corrected chi connectivity index (χ4v) is 3.79. The van der Waals surface area contributed by atoms with Gasteiger partial charge in [0.05, 0.1) is 12.2 Å². The molecule has 1 unspecified atom stereocenters. The lowest BCUT2D eigenvalue weighted by molar-refractivity contribution is 0.00539. The van der Waals surface area contributed by atoms with Crippen LogP contribution in [0.1, 0.15) is 6.42 Å². The fraction of sp³-hybridized carbons (Fsp3) is 0.778. The van der Waals surface area contributed by atoms with Crippen LogP contribution in [-0.4, -0.2) is 49.0 Å². The van der Waals surface area contributed by atoms with Gasteiger partial charge in [0, 0.05) is 26.0 Å². The van der Waals surface area contributed by atoms with Crippen molar-refractivity contribution in [3.05, 3.63) is 11.9 Å². The average Bonchev–Trinajstić information content (AvgIpc) is 2.61. The van der Waals surface area contributed by atoms with Crippen molar-refractivity contribution in [3.8, 4) is 0 Å². The van der Waals surface area contributed by atoms with E-state index in [1.54, 1.807) is 0 Å². The number of rotatable bonds is 6. The molecule has 0 heterocycles. The van der Waals surface area contributed by atoms with Crippen molar-refractivity contribution in [2.75, 3.05) is 14.2 Å². The first kappa shape index (κ1) is 18.5. The van der Waals surface area contributed by atoms with Crippen molar-refractivity contribution in [2.45, 2.75) is 24.4 Å². The van der Waals surface area contributed by atoms with Gasteiger partial charge >= 0.3 is 14.3 Å². The first-order valence-corrected chi connectivity index (χ1v) is 10.2. The Labute approximate surface area is 124 Å². The molecule has 11 heteroatoms. The highest BCUT2D eigenvalue weighted by atomic mass is 32.5. The molecule has 0 radical (unpaired) electrons. The van der Waals surface area contributed by atoms with Crippen LogP contribution in [0.5, 0.6) is 0 Å². The highest BCUT2D eigenvalue weighted by Gasteiger charge is 2.43. The topological polar surface area (TPSA) is 105 Å². The van der Waals surface area contributed by atoms with E-state index in [1.165, 1.54) is 20.3 Å². The maximum absolute atomic E-state index is 10.9. The van der Waals surface area contributed by atoms with Gasteiger partial charge < -0.3 is 28.5 Å². The molecule has 0 spiro atoms. The molecular formula is C9H19BO7P2S. The van der Waals surface area contributed by atoms with Crippen LogP contribution in [0.3, 0.4) is 0 Å². The van der Waals surface area contributed by atoms with Gasteiger partial charge in [-0.15, -0.1) is 0 Å². The van der Waals surface area contributed by atoms with Gasteiger partial charge in [0.25, 0.3) is 0 Å². The molecule has 116 valence electrons. The Kier molecular flexibility index (Phi) is 6.60. The minimum Gasteiger partial charge on any atom is -0.379 e. The summed E-state index contributed by atoms with van der Waals surface area (Å²) in [7, 11) is 0.461. The molecule has 20 heavy (non-hydrogen) atoms. The lowest BCUT2D eigenvalue weighted by Crippen LogP contribution is -2.30. The van der Waals surface area contributed by atoms with Gasteiger partial charge in [0.1, 0.15) is 7.85 Å². The number of methoxy groups -OCH3 is 1. The summed E-state index contributed by atoms with van der Waals surface area (Å²) in [6.07, 6.45) is 1.07. The van der Waals surface area contributed by atoms with Crippen LogP contribution in [-0.2, 0) is 30.2 Å². The van der Waals surface area contributed by atoms with Gasteiger partial charge in [0.15, 0.2) is 0 Å². The van der Waals surface area contributed by atoms with E-state index in [9.17, 15) is 9.46 Å². The van der Waals surface area contributed by atoms with Crippen molar-refractivity contribution in [2.24, 2.45) is 5.92 Å². The van der Waals surface area contributed by atoms with Crippen LogP contribution in [0, 0.1) is 5.92 Å². The second kappa shape index (κ2) is 7.14. The fourth-order valence-electron chi connectivity index (χ4n) is 2.38. The van der Waals surface area contributed by atoms with Gasteiger partial charge in [0.2, 0.25) is 0 Å². The molecule has 1 rings (SSSR count). The zero-order chi connectivity index (χ0) is 15.6. The molecule has 1 aliphatic rings. The van der Waals surface area contributed by atoms with Crippen molar-refractivity contribution in [3.63, 3.8) is 0 Å². The van der Waals surface area contributed by atoms with E-state index in [-0.39, 0.29) is 17.8 Å². The minimum absolute atomic E-state index is 0.100. The smallest absolute Gasteiger partial charge is 0.348 e. The predicted octanol–water partition coefficient (Wildman–Crippen LogP) is 0.383. The molecule has 3 N–H and O–H groups in total. The van der Waals surface area contributed by atoms with Gasteiger partial charge in [-0.05, 0) is 24.0 Å². The summed E-state index contributed by atoms with van der Waals surface area (Å²) in [4.78, 5) is 27.6. The van der Waals surface area contributed by atoms with Crippen molar-refractivity contribution >= 4 is 34.0 Å².